The minimum Gasteiger partial charge on any atom is -0.330 e. The van der Waals surface area contributed by atoms with Gasteiger partial charge in [0.15, 0.2) is 16.4 Å². The molecule has 0 spiro atoms. The number of nitrogens with zero attached hydrogens (tertiary/aromatic N) is 1. The molecule has 108 valence electrons. The van der Waals surface area contributed by atoms with Gasteiger partial charge in [-0.15, -0.1) is 0 Å². The predicted molar refractivity (Wildman–Crippen MR) is 73.3 cm³/mol. The van der Waals surface area contributed by atoms with Gasteiger partial charge >= 0.3 is 0 Å². The van der Waals surface area contributed by atoms with Crippen LogP contribution in [-0.2, 0) is 0 Å². The van der Waals surface area contributed by atoms with Crippen molar-refractivity contribution in [3.8, 4) is 5.69 Å². The molecule has 0 saturated heterocycles. The molecule has 0 aliphatic carbocycles. The Bertz CT molecular complexity index is 932. The number of imidazole rings is 1. The summed E-state index contributed by atoms with van der Waals surface area (Å²) in [6.45, 7) is 0. The Kier molecular flexibility index (Phi) is 3.26. The van der Waals surface area contributed by atoms with Crippen molar-refractivity contribution in [2.45, 2.75) is 0 Å². The number of H-pyrrole nitrogens is 1. The van der Waals surface area contributed by atoms with Crippen molar-refractivity contribution in [3.63, 3.8) is 0 Å². The molecule has 0 radical (unpaired) electrons. The zero-order valence-corrected chi connectivity index (χ0v) is 11.6. The van der Waals surface area contributed by atoms with Gasteiger partial charge in [-0.05, 0) is 18.3 Å². The van der Waals surface area contributed by atoms with Crippen LogP contribution in [0.4, 0.5) is 17.6 Å². The summed E-state index contributed by atoms with van der Waals surface area (Å²) < 4.78 is 55.1. The molecular formula is C13H5ClF4N2S. The molecule has 0 bridgehead atoms. The molecule has 3 rings (SSSR count). The van der Waals surface area contributed by atoms with E-state index >= 15 is 0 Å². The van der Waals surface area contributed by atoms with Gasteiger partial charge in [0, 0.05) is 18.2 Å². The third-order valence-corrected chi connectivity index (χ3v) is 3.51. The molecule has 21 heavy (non-hydrogen) atoms. The number of aromatic nitrogens is 2. The van der Waals surface area contributed by atoms with E-state index < -0.39 is 29.0 Å². The highest BCUT2D eigenvalue weighted by Crippen LogP contribution is 2.27. The minimum atomic E-state index is -1.37. The van der Waals surface area contributed by atoms with Crippen LogP contribution >= 0.6 is 23.8 Å². The van der Waals surface area contributed by atoms with Crippen LogP contribution < -0.4 is 0 Å². The van der Waals surface area contributed by atoms with Gasteiger partial charge < -0.3 is 4.98 Å². The van der Waals surface area contributed by atoms with Crippen LogP contribution in [0.25, 0.3) is 16.7 Å². The average molecular weight is 333 g/mol. The van der Waals surface area contributed by atoms with Crippen LogP contribution in [0.2, 0.25) is 5.02 Å². The number of benzene rings is 2. The molecule has 1 heterocycles. The average Bonchev–Trinajstić information content (AvgIpc) is 2.70. The number of aromatic amines is 1. The summed E-state index contributed by atoms with van der Waals surface area (Å²) in [5.41, 5.74) is -0.0215. The Balaban J connectivity index is 2.43. The van der Waals surface area contributed by atoms with E-state index in [2.05, 4.69) is 4.98 Å². The fraction of sp³-hybridized carbons (Fsp3) is 0. The maximum Gasteiger partial charge on any atom is 0.183 e. The Labute approximate surface area is 125 Å². The van der Waals surface area contributed by atoms with E-state index in [-0.39, 0.29) is 15.3 Å². The summed E-state index contributed by atoms with van der Waals surface area (Å²) in [5, 5.41) is -0.156. The quantitative estimate of drug-likeness (QED) is 0.382. The third-order valence-electron chi connectivity index (χ3n) is 2.94. The second-order valence-corrected chi connectivity index (χ2v) is 5.06. The largest absolute Gasteiger partial charge is 0.330 e. The van der Waals surface area contributed by atoms with E-state index in [0.29, 0.717) is 11.6 Å². The van der Waals surface area contributed by atoms with Gasteiger partial charge in [0.05, 0.1) is 21.7 Å². The SMILES string of the molecule is Fc1cc(F)c(F)c(-n2c(=S)[nH]c3cc(Cl)c(F)cc32)c1. The number of hydrogen-bond acceptors (Lipinski definition) is 1. The highest BCUT2D eigenvalue weighted by Gasteiger charge is 2.17. The summed E-state index contributed by atoms with van der Waals surface area (Å²) in [4.78, 5) is 2.67. The van der Waals surface area contributed by atoms with Gasteiger partial charge in [-0.25, -0.2) is 17.6 Å². The Morgan fingerprint density at radius 1 is 1.00 bits per heavy atom. The van der Waals surface area contributed by atoms with E-state index in [1.165, 1.54) is 6.07 Å². The molecular weight excluding hydrogens is 328 g/mol. The zero-order valence-electron chi connectivity index (χ0n) is 10.1. The lowest BCUT2D eigenvalue weighted by molar-refractivity contribution is 0.491. The zero-order chi connectivity index (χ0) is 15.3. The molecule has 2 aromatic carbocycles. The van der Waals surface area contributed by atoms with Crippen molar-refractivity contribution in [2.24, 2.45) is 0 Å². The van der Waals surface area contributed by atoms with Crippen molar-refractivity contribution in [1.29, 1.82) is 0 Å². The Morgan fingerprint density at radius 2 is 1.71 bits per heavy atom. The van der Waals surface area contributed by atoms with E-state index in [1.54, 1.807) is 0 Å². The molecule has 0 aliphatic heterocycles. The molecule has 2 nitrogen and oxygen atoms in total. The van der Waals surface area contributed by atoms with Crippen LogP contribution in [0.15, 0.2) is 24.3 Å². The smallest absolute Gasteiger partial charge is 0.183 e. The first kappa shape index (κ1) is 14.1. The van der Waals surface area contributed by atoms with E-state index in [4.69, 9.17) is 23.8 Å². The van der Waals surface area contributed by atoms with Gasteiger partial charge in [-0.1, -0.05) is 11.6 Å². The van der Waals surface area contributed by atoms with Crippen molar-refractivity contribution in [3.05, 3.63) is 57.3 Å². The third kappa shape index (κ3) is 2.22. The molecule has 0 aliphatic rings. The monoisotopic (exact) mass is 332 g/mol. The molecule has 0 fully saturated rings. The number of rotatable bonds is 1. The molecule has 8 heteroatoms. The fourth-order valence-electron chi connectivity index (χ4n) is 2.05. The van der Waals surface area contributed by atoms with Gasteiger partial charge in [0.1, 0.15) is 11.6 Å². The maximum absolute atomic E-state index is 13.9. The Hall–Kier alpha value is -1.86. The number of hydrogen-bond donors (Lipinski definition) is 1. The first-order valence-electron chi connectivity index (χ1n) is 5.63. The lowest BCUT2D eigenvalue weighted by Crippen LogP contribution is -2.01. The normalized spacial score (nSPS) is 11.3. The molecule has 1 N–H and O–H groups in total. The van der Waals surface area contributed by atoms with E-state index in [1.807, 2.05) is 0 Å². The van der Waals surface area contributed by atoms with Gasteiger partial charge in [0.25, 0.3) is 0 Å². The molecule has 0 saturated carbocycles. The predicted octanol–water partition coefficient (Wildman–Crippen LogP) is 4.90. The lowest BCUT2D eigenvalue weighted by atomic mass is 10.2. The molecule has 0 unspecified atom stereocenters. The summed E-state index contributed by atoms with van der Waals surface area (Å²) >= 11 is 10.6. The van der Waals surface area contributed by atoms with E-state index in [0.717, 1.165) is 16.7 Å². The van der Waals surface area contributed by atoms with Gasteiger partial charge in [0.2, 0.25) is 0 Å². The summed E-state index contributed by atoms with van der Waals surface area (Å²) in [5.74, 6) is -4.39. The van der Waals surface area contributed by atoms with Gasteiger partial charge in [-0.2, -0.15) is 0 Å². The van der Waals surface area contributed by atoms with E-state index in [9.17, 15) is 17.6 Å². The van der Waals surface area contributed by atoms with Gasteiger partial charge in [-0.3, -0.25) is 4.57 Å². The second kappa shape index (κ2) is 4.85. The summed E-state index contributed by atoms with van der Waals surface area (Å²) in [6.07, 6.45) is 0. The van der Waals surface area contributed by atoms with Crippen molar-refractivity contribution in [1.82, 2.24) is 9.55 Å². The number of halogens is 5. The van der Waals surface area contributed by atoms with Crippen LogP contribution in [0.5, 0.6) is 0 Å². The van der Waals surface area contributed by atoms with Crippen molar-refractivity contribution < 1.29 is 17.6 Å². The molecule has 0 amide bonds. The molecule has 1 aromatic heterocycles. The van der Waals surface area contributed by atoms with Crippen LogP contribution in [0, 0.1) is 28.0 Å². The highest BCUT2D eigenvalue weighted by molar-refractivity contribution is 7.71. The second-order valence-electron chi connectivity index (χ2n) is 4.27. The first-order chi connectivity index (χ1) is 9.88. The first-order valence-corrected chi connectivity index (χ1v) is 6.42. The summed E-state index contributed by atoms with van der Waals surface area (Å²) in [7, 11) is 0. The highest BCUT2D eigenvalue weighted by atomic mass is 35.5. The molecule has 3 aromatic rings. The molecule has 0 atom stereocenters. The summed E-state index contributed by atoms with van der Waals surface area (Å²) in [6, 6.07) is 3.45. The number of fused-ring (bicyclic) bond motifs is 1. The minimum absolute atomic E-state index is 0.0458. The van der Waals surface area contributed by atoms with Crippen molar-refractivity contribution in [2.75, 3.05) is 0 Å². The maximum atomic E-state index is 13.9. The topological polar surface area (TPSA) is 20.7 Å². The van der Waals surface area contributed by atoms with Crippen LogP contribution in [-0.4, -0.2) is 9.55 Å². The number of nitrogens with one attached hydrogen (secondary N) is 1. The fourth-order valence-corrected chi connectivity index (χ4v) is 2.52. The lowest BCUT2D eigenvalue weighted by Gasteiger charge is -2.07. The Morgan fingerprint density at radius 3 is 2.43 bits per heavy atom. The van der Waals surface area contributed by atoms with Crippen molar-refractivity contribution >= 4 is 34.9 Å². The van der Waals surface area contributed by atoms with Crippen LogP contribution in [0.3, 0.4) is 0 Å². The standard InChI is InChI=1S/C13H5ClF4N2S/c14-6-3-9-10(4-7(6)16)20(13(21)19-9)11-2-5(15)1-8(17)12(11)18/h1-4H,(H,19,21). The van der Waals surface area contributed by atoms with Crippen LogP contribution in [0.1, 0.15) is 0 Å².